The van der Waals surface area contributed by atoms with Gasteiger partial charge in [-0.3, -0.25) is 19.3 Å². The summed E-state index contributed by atoms with van der Waals surface area (Å²) in [6.07, 6.45) is 2.53. The molecule has 1 aliphatic heterocycles. The first-order valence-electron chi connectivity index (χ1n) is 8.46. The number of halogens is 2. The number of nitrogens with one attached hydrogen (secondary N) is 1. The summed E-state index contributed by atoms with van der Waals surface area (Å²) in [7, 11) is 0. The molecule has 0 aliphatic carbocycles. The molecule has 144 valence electrons. The van der Waals surface area contributed by atoms with E-state index < -0.39 is 29.4 Å². The number of aryl methyl sites for hydroxylation is 1. The number of hydrogen-bond donors (Lipinski definition) is 1. The van der Waals surface area contributed by atoms with Crippen LogP contribution in [0.3, 0.4) is 0 Å². The number of hydrogen-bond acceptors (Lipinski definition) is 4. The summed E-state index contributed by atoms with van der Waals surface area (Å²) in [5.41, 5.74) is 2.24. The van der Waals surface area contributed by atoms with E-state index in [0.717, 1.165) is 34.7 Å². The van der Waals surface area contributed by atoms with Gasteiger partial charge in [0.25, 0.3) is 11.1 Å². The first kappa shape index (κ1) is 20.1. The van der Waals surface area contributed by atoms with E-state index in [2.05, 4.69) is 5.32 Å². The zero-order valence-electron chi connectivity index (χ0n) is 14.9. The summed E-state index contributed by atoms with van der Waals surface area (Å²) in [6, 6.07) is 11.4. The average molecular weight is 419 g/mol. The summed E-state index contributed by atoms with van der Waals surface area (Å²) < 4.78 is 13.2. The van der Waals surface area contributed by atoms with Crippen molar-refractivity contribution in [2.24, 2.45) is 0 Å². The maximum atomic E-state index is 13.2. The lowest BCUT2D eigenvalue weighted by molar-refractivity contribution is -0.127. The van der Waals surface area contributed by atoms with E-state index in [1.54, 1.807) is 6.08 Å². The highest BCUT2D eigenvalue weighted by atomic mass is 35.5. The second kappa shape index (κ2) is 8.58. The lowest BCUT2D eigenvalue weighted by atomic mass is 10.1. The van der Waals surface area contributed by atoms with Crippen LogP contribution in [-0.2, 0) is 16.0 Å². The Balaban J connectivity index is 1.68. The molecule has 1 heterocycles. The Kier molecular flexibility index (Phi) is 6.16. The largest absolute Gasteiger partial charge is 0.324 e. The molecule has 0 saturated carbocycles. The van der Waals surface area contributed by atoms with Gasteiger partial charge in [0.1, 0.15) is 12.4 Å². The molecule has 1 aliphatic rings. The fourth-order valence-electron chi connectivity index (χ4n) is 2.56. The Morgan fingerprint density at radius 3 is 2.57 bits per heavy atom. The summed E-state index contributed by atoms with van der Waals surface area (Å²) in [4.78, 5) is 37.9. The molecule has 8 heteroatoms. The Bertz CT molecular complexity index is 976. The molecule has 0 unspecified atom stereocenters. The molecule has 2 aromatic carbocycles. The molecule has 3 rings (SSSR count). The molecule has 1 saturated heterocycles. The minimum Gasteiger partial charge on any atom is -0.324 e. The maximum Gasteiger partial charge on any atom is 0.294 e. The molecule has 1 fully saturated rings. The van der Waals surface area contributed by atoms with E-state index in [1.165, 1.54) is 17.7 Å². The third-order valence-electron chi connectivity index (χ3n) is 4.06. The molecule has 0 bridgehead atoms. The fourth-order valence-corrected chi connectivity index (χ4v) is 3.57. The number of nitrogens with zero attached hydrogens (tertiary/aromatic N) is 1. The smallest absolute Gasteiger partial charge is 0.294 e. The molecule has 28 heavy (non-hydrogen) atoms. The van der Waals surface area contributed by atoms with Crippen molar-refractivity contribution < 1.29 is 18.8 Å². The van der Waals surface area contributed by atoms with Crippen LogP contribution in [0.4, 0.5) is 14.9 Å². The number of rotatable bonds is 5. The molecule has 2 aromatic rings. The van der Waals surface area contributed by atoms with Crippen LogP contribution >= 0.6 is 23.4 Å². The van der Waals surface area contributed by atoms with Crippen LogP contribution in [-0.4, -0.2) is 28.5 Å². The topological polar surface area (TPSA) is 66.5 Å². The number of benzene rings is 2. The van der Waals surface area contributed by atoms with E-state index in [9.17, 15) is 18.8 Å². The SMILES string of the molecule is CCc1ccc(/C=C2\SC(=O)N(CC(=O)Nc3ccc(F)c(Cl)c3)C2=O)cc1. The molecule has 0 aromatic heterocycles. The lowest BCUT2D eigenvalue weighted by Gasteiger charge is -2.12. The van der Waals surface area contributed by atoms with Gasteiger partial charge in [0.2, 0.25) is 5.91 Å². The highest BCUT2D eigenvalue weighted by Crippen LogP contribution is 2.32. The van der Waals surface area contributed by atoms with Crippen molar-refractivity contribution >= 4 is 52.2 Å². The van der Waals surface area contributed by atoms with Gasteiger partial charge in [0, 0.05) is 5.69 Å². The number of carbonyl (C=O) groups excluding carboxylic acids is 3. The Morgan fingerprint density at radius 2 is 1.93 bits per heavy atom. The normalized spacial score (nSPS) is 15.4. The lowest BCUT2D eigenvalue weighted by Crippen LogP contribution is -2.36. The Labute approximate surface area is 170 Å². The van der Waals surface area contributed by atoms with Gasteiger partial charge in [-0.2, -0.15) is 0 Å². The highest BCUT2D eigenvalue weighted by Gasteiger charge is 2.36. The van der Waals surface area contributed by atoms with Gasteiger partial charge in [-0.15, -0.1) is 0 Å². The first-order valence-corrected chi connectivity index (χ1v) is 9.66. The predicted octanol–water partition coefficient (Wildman–Crippen LogP) is 4.72. The quantitative estimate of drug-likeness (QED) is 0.713. The van der Waals surface area contributed by atoms with Crippen molar-refractivity contribution in [2.75, 3.05) is 11.9 Å². The van der Waals surface area contributed by atoms with Gasteiger partial charge >= 0.3 is 0 Å². The second-order valence-corrected chi connectivity index (χ2v) is 7.44. The van der Waals surface area contributed by atoms with Crippen LogP contribution in [0.15, 0.2) is 47.4 Å². The molecule has 0 atom stereocenters. The van der Waals surface area contributed by atoms with Crippen molar-refractivity contribution in [3.8, 4) is 0 Å². The first-order chi connectivity index (χ1) is 13.4. The fraction of sp³-hybridized carbons (Fsp3) is 0.150. The summed E-state index contributed by atoms with van der Waals surface area (Å²) >= 11 is 6.46. The number of carbonyl (C=O) groups is 3. The number of anilines is 1. The molecular formula is C20H16ClFN2O3S. The van der Waals surface area contributed by atoms with Crippen molar-refractivity contribution in [1.82, 2.24) is 4.90 Å². The Hall–Kier alpha value is -2.64. The van der Waals surface area contributed by atoms with Gasteiger partial charge in [0.05, 0.1) is 9.93 Å². The van der Waals surface area contributed by atoms with Crippen LogP contribution in [0.25, 0.3) is 6.08 Å². The number of imide groups is 1. The van der Waals surface area contributed by atoms with Crippen molar-refractivity contribution in [2.45, 2.75) is 13.3 Å². The van der Waals surface area contributed by atoms with Crippen LogP contribution in [0, 0.1) is 5.82 Å². The molecule has 3 amide bonds. The summed E-state index contributed by atoms with van der Waals surface area (Å²) in [6.45, 7) is 1.61. The van der Waals surface area contributed by atoms with Crippen LogP contribution in [0.5, 0.6) is 0 Å². The highest BCUT2D eigenvalue weighted by molar-refractivity contribution is 8.18. The zero-order chi connectivity index (χ0) is 20.3. The zero-order valence-corrected chi connectivity index (χ0v) is 16.4. The molecule has 0 spiro atoms. The van der Waals surface area contributed by atoms with E-state index in [0.29, 0.717) is 0 Å². The number of thioether (sulfide) groups is 1. The molecule has 1 N–H and O–H groups in total. The van der Waals surface area contributed by atoms with Gasteiger partial charge in [0.15, 0.2) is 0 Å². The van der Waals surface area contributed by atoms with E-state index >= 15 is 0 Å². The van der Waals surface area contributed by atoms with Crippen LogP contribution in [0.2, 0.25) is 5.02 Å². The van der Waals surface area contributed by atoms with Crippen molar-refractivity contribution in [1.29, 1.82) is 0 Å². The summed E-state index contributed by atoms with van der Waals surface area (Å²) in [5.74, 6) is -1.72. The van der Waals surface area contributed by atoms with Crippen molar-refractivity contribution in [3.05, 3.63) is 69.3 Å². The van der Waals surface area contributed by atoms with Crippen molar-refractivity contribution in [3.63, 3.8) is 0 Å². The van der Waals surface area contributed by atoms with Crippen LogP contribution in [0.1, 0.15) is 18.1 Å². The minimum absolute atomic E-state index is 0.138. The monoisotopic (exact) mass is 418 g/mol. The van der Waals surface area contributed by atoms with Crippen LogP contribution < -0.4 is 5.32 Å². The molecular weight excluding hydrogens is 403 g/mol. The average Bonchev–Trinajstić information content (AvgIpc) is 2.93. The third-order valence-corrected chi connectivity index (χ3v) is 5.26. The van der Waals surface area contributed by atoms with Gasteiger partial charge < -0.3 is 5.32 Å². The number of amides is 3. The standard InChI is InChI=1S/C20H16ClFN2O3S/c1-2-12-3-5-13(6-4-12)9-17-19(26)24(20(27)28-17)11-18(25)23-14-7-8-16(22)15(21)10-14/h3-10H,2,11H2,1H3,(H,23,25)/b17-9-. The molecule has 0 radical (unpaired) electrons. The van der Waals surface area contributed by atoms with Gasteiger partial charge in [-0.25, -0.2) is 4.39 Å². The maximum absolute atomic E-state index is 13.2. The van der Waals surface area contributed by atoms with E-state index in [1.807, 2.05) is 31.2 Å². The molecule has 5 nitrogen and oxygen atoms in total. The predicted molar refractivity (Wildman–Crippen MR) is 109 cm³/mol. The Morgan fingerprint density at radius 1 is 1.21 bits per heavy atom. The minimum atomic E-state index is -0.609. The third kappa shape index (κ3) is 4.61. The summed E-state index contributed by atoms with van der Waals surface area (Å²) in [5, 5.41) is 1.83. The van der Waals surface area contributed by atoms with Gasteiger partial charge in [-0.1, -0.05) is 42.8 Å². The van der Waals surface area contributed by atoms with E-state index in [4.69, 9.17) is 11.6 Å². The van der Waals surface area contributed by atoms with Gasteiger partial charge in [-0.05, 0) is 53.6 Å². The second-order valence-electron chi connectivity index (χ2n) is 6.04. The van der Waals surface area contributed by atoms with E-state index in [-0.39, 0.29) is 15.6 Å².